The highest BCUT2D eigenvalue weighted by molar-refractivity contribution is 7.91. The summed E-state index contributed by atoms with van der Waals surface area (Å²) in [6, 6.07) is 6.46. The molecule has 19 heavy (non-hydrogen) atoms. The maximum Gasteiger partial charge on any atom is 0.228 e. The summed E-state index contributed by atoms with van der Waals surface area (Å²) >= 11 is 5.92. The van der Waals surface area contributed by atoms with Crippen LogP contribution in [-0.2, 0) is 14.6 Å². The lowest BCUT2D eigenvalue weighted by Gasteiger charge is -2.11. The second kappa shape index (κ2) is 5.19. The van der Waals surface area contributed by atoms with Crippen molar-refractivity contribution >= 4 is 33.0 Å². The van der Waals surface area contributed by atoms with E-state index in [0.29, 0.717) is 22.7 Å². The molecule has 1 aliphatic heterocycles. The molecule has 7 heteroatoms. The molecular weight excluding hydrogens is 288 g/mol. The molecule has 1 fully saturated rings. The molecule has 2 rings (SSSR count). The fourth-order valence-electron chi connectivity index (χ4n) is 1.93. The molecule has 1 atom stereocenters. The first-order chi connectivity index (χ1) is 8.91. The summed E-state index contributed by atoms with van der Waals surface area (Å²) in [7, 11) is -3.10. The molecule has 1 aromatic rings. The van der Waals surface area contributed by atoms with E-state index in [-0.39, 0.29) is 17.4 Å². The number of hydrogen-bond acceptors (Lipinski definition) is 4. The number of hydrogen-bond donors (Lipinski definition) is 1. The highest BCUT2D eigenvalue weighted by Gasteiger charge is 2.33. The van der Waals surface area contributed by atoms with Gasteiger partial charge in [0.15, 0.2) is 9.84 Å². The van der Waals surface area contributed by atoms with Crippen molar-refractivity contribution in [3.05, 3.63) is 28.8 Å². The molecule has 100 valence electrons. The molecule has 0 bridgehead atoms. The van der Waals surface area contributed by atoms with Crippen LogP contribution in [0.15, 0.2) is 18.2 Å². The predicted octanol–water partition coefficient (Wildman–Crippen LogP) is 1.58. The van der Waals surface area contributed by atoms with Gasteiger partial charge in [-0.25, -0.2) is 8.42 Å². The van der Waals surface area contributed by atoms with E-state index < -0.39 is 15.8 Å². The molecule has 1 N–H and O–H groups in total. The van der Waals surface area contributed by atoms with Gasteiger partial charge < -0.3 is 5.32 Å². The number of halogens is 1. The number of rotatable bonds is 2. The maximum atomic E-state index is 11.9. The minimum atomic E-state index is -3.10. The van der Waals surface area contributed by atoms with Crippen molar-refractivity contribution < 1.29 is 13.2 Å². The lowest BCUT2D eigenvalue weighted by molar-refractivity contribution is -0.119. The number of anilines is 1. The first-order valence-corrected chi connectivity index (χ1v) is 7.82. The van der Waals surface area contributed by atoms with Crippen molar-refractivity contribution in [2.75, 3.05) is 16.8 Å². The lowest BCUT2D eigenvalue weighted by atomic mass is 10.1. The standard InChI is InChI=1S/C12H11ClN2O3S/c13-10-2-1-8(6-14)5-11(10)15-12(16)9-3-4-19(17,18)7-9/h1-2,5,9H,3-4,7H2,(H,15,16). The molecule has 0 spiro atoms. The summed E-state index contributed by atoms with van der Waals surface area (Å²) in [5.41, 5.74) is 0.703. The van der Waals surface area contributed by atoms with Crippen LogP contribution in [0.2, 0.25) is 5.02 Å². The molecule has 1 aromatic carbocycles. The van der Waals surface area contributed by atoms with Crippen molar-refractivity contribution in [2.45, 2.75) is 6.42 Å². The van der Waals surface area contributed by atoms with Gasteiger partial charge in [-0.15, -0.1) is 0 Å². The summed E-state index contributed by atoms with van der Waals surface area (Å²) in [5, 5.41) is 11.7. The Kier molecular flexibility index (Phi) is 3.78. The van der Waals surface area contributed by atoms with Crippen LogP contribution in [0, 0.1) is 17.2 Å². The van der Waals surface area contributed by atoms with Crippen molar-refractivity contribution in [1.82, 2.24) is 0 Å². The average molecular weight is 299 g/mol. The summed E-state index contributed by atoms with van der Waals surface area (Å²) in [6.07, 6.45) is 0.323. The molecule has 0 aliphatic carbocycles. The Labute approximate surface area is 116 Å². The quantitative estimate of drug-likeness (QED) is 0.898. The second-order valence-electron chi connectivity index (χ2n) is 4.40. The van der Waals surface area contributed by atoms with Gasteiger partial charge in [-0.1, -0.05) is 11.6 Å². The number of nitrogens with one attached hydrogen (secondary N) is 1. The van der Waals surface area contributed by atoms with E-state index in [0.717, 1.165) is 0 Å². The summed E-state index contributed by atoms with van der Waals surface area (Å²) < 4.78 is 22.6. The van der Waals surface area contributed by atoms with Gasteiger partial charge in [0.05, 0.1) is 39.8 Å². The van der Waals surface area contributed by atoms with E-state index in [1.165, 1.54) is 18.2 Å². The summed E-state index contributed by atoms with van der Waals surface area (Å²) in [4.78, 5) is 11.9. The summed E-state index contributed by atoms with van der Waals surface area (Å²) in [5.74, 6) is -1.02. The van der Waals surface area contributed by atoms with Gasteiger partial charge in [0, 0.05) is 0 Å². The van der Waals surface area contributed by atoms with E-state index in [9.17, 15) is 13.2 Å². The van der Waals surface area contributed by atoms with Gasteiger partial charge in [-0.3, -0.25) is 4.79 Å². The maximum absolute atomic E-state index is 11.9. The SMILES string of the molecule is N#Cc1ccc(Cl)c(NC(=O)C2CCS(=O)(=O)C2)c1. The van der Waals surface area contributed by atoms with Gasteiger partial charge in [0.1, 0.15) is 0 Å². The highest BCUT2D eigenvalue weighted by atomic mass is 35.5. The third-order valence-corrected chi connectivity index (χ3v) is 5.05. The predicted molar refractivity (Wildman–Crippen MR) is 71.6 cm³/mol. The Morgan fingerprint density at radius 2 is 2.21 bits per heavy atom. The largest absolute Gasteiger partial charge is 0.324 e. The van der Waals surface area contributed by atoms with Gasteiger partial charge in [-0.05, 0) is 24.6 Å². The topological polar surface area (TPSA) is 87.0 Å². The zero-order valence-electron chi connectivity index (χ0n) is 9.89. The number of carbonyl (C=O) groups is 1. The number of carbonyl (C=O) groups excluding carboxylic acids is 1. The molecule has 0 aromatic heterocycles. The molecule has 1 heterocycles. The van der Waals surface area contributed by atoms with Crippen LogP contribution in [0.25, 0.3) is 0 Å². The van der Waals surface area contributed by atoms with Crippen molar-refractivity contribution in [3.63, 3.8) is 0 Å². The van der Waals surface area contributed by atoms with Gasteiger partial charge in [0.25, 0.3) is 0 Å². The van der Waals surface area contributed by atoms with Crippen LogP contribution in [0.4, 0.5) is 5.69 Å². The Morgan fingerprint density at radius 3 is 2.79 bits per heavy atom. The fraction of sp³-hybridized carbons (Fsp3) is 0.333. The van der Waals surface area contributed by atoms with E-state index in [1.807, 2.05) is 6.07 Å². The van der Waals surface area contributed by atoms with Crippen LogP contribution in [-0.4, -0.2) is 25.8 Å². The zero-order chi connectivity index (χ0) is 14.0. The monoisotopic (exact) mass is 298 g/mol. The van der Waals surface area contributed by atoms with Gasteiger partial charge >= 0.3 is 0 Å². The molecule has 1 aliphatic rings. The molecule has 1 saturated heterocycles. The lowest BCUT2D eigenvalue weighted by Crippen LogP contribution is -2.23. The first-order valence-electron chi connectivity index (χ1n) is 5.62. The molecule has 0 radical (unpaired) electrons. The number of sulfone groups is 1. The number of amides is 1. The summed E-state index contributed by atoms with van der Waals surface area (Å²) in [6.45, 7) is 0. The third-order valence-electron chi connectivity index (χ3n) is 2.96. The average Bonchev–Trinajstić information content (AvgIpc) is 2.72. The number of benzene rings is 1. The molecule has 1 amide bonds. The molecule has 1 unspecified atom stereocenters. The zero-order valence-corrected chi connectivity index (χ0v) is 11.5. The normalized spacial score (nSPS) is 20.7. The highest BCUT2D eigenvalue weighted by Crippen LogP contribution is 2.25. The Bertz CT molecular complexity index is 664. The van der Waals surface area contributed by atoms with Crippen LogP contribution < -0.4 is 5.32 Å². The Morgan fingerprint density at radius 1 is 1.47 bits per heavy atom. The molecular formula is C12H11ClN2O3S. The minimum Gasteiger partial charge on any atom is -0.324 e. The number of nitrogens with zero attached hydrogens (tertiary/aromatic N) is 1. The molecule has 0 saturated carbocycles. The third kappa shape index (κ3) is 3.25. The minimum absolute atomic E-state index is 0.0387. The van der Waals surface area contributed by atoms with Crippen LogP contribution in [0.1, 0.15) is 12.0 Å². The van der Waals surface area contributed by atoms with E-state index in [4.69, 9.17) is 16.9 Å². The Balaban J connectivity index is 2.14. The molecule has 5 nitrogen and oxygen atoms in total. The first kappa shape index (κ1) is 13.8. The van der Waals surface area contributed by atoms with Crippen LogP contribution in [0.5, 0.6) is 0 Å². The van der Waals surface area contributed by atoms with E-state index in [2.05, 4.69) is 5.32 Å². The van der Waals surface area contributed by atoms with Crippen molar-refractivity contribution in [2.24, 2.45) is 5.92 Å². The van der Waals surface area contributed by atoms with Crippen molar-refractivity contribution in [1.29, 1.82) is 5.26 Å². The Hall–Kier alpha value is -1.58. The van der Waals surface area contributed by atoms with E-state index in [1.54, 1.807) is 0 Å². The van der Waals surface area contributed by atoms with Gasteiger partial charge in [-0.2, -0.15) is 5.26 Å². The van der Waals surface area contributed by atoms with Crippen LogP contribution in [0.3, 0.4) is 0 Å². The number of nitriles is 1. The second-order valence-corrected chi connectivity index (χ2v) is 7.03. The van der Waals surface area contributed by atoms with Gasteiger partial charge in [0.2, 0.25) is 5.91 Å². The van der Waals surface area contributed by atoms with Crippen molar-refractivity contribution in [3.8, 4) is 6.07 Å². The van der Waals surface area contributed by atoms with E-state index >= 15 is 0 Å². The van der Waals surface area contributed by atoms with Crippen LogP contribution >= 0.6 is 11.6 Å². The fourth-order valence-corrected chi connectivity index (χ4v) is 3.83. The smallest absolute Gasteiger partial charge is 0.228 e.